The van der Waals surface area contributed by atoms with Gasteiger partial charge in [0.15, 0.2) is 6.23 Å². The quantitative estimate of drug-likeness (QED) is 0.138. The average Bonchev–Trinajstić information content (AvgIpc) is 3.08. The van der Waals surface area contributed by atoms with Gasteiger partial charge in [0.05, 0.1) is 13.2 Å². The highest BCUT2D eigenvalue weighted by Gasteiger charge is 2.48. The van der Waals surface area contributed by atoms with Crippen LogP contribution in [0, 0.1) is 0 Å². The van der Waals surface area contributed by atoms with Crippen LogP contribution >= 0.6 is 31.3 Å². The minimum atomic E-state index is -6.05. The van der Waals surface area contributed by atoms with Gasteiger partial charge in [-0.15, -0.1) is 0 Å². The minimum Gasteiger partial charge on any atom is -0.387 e. The monoisotopic (exact) mass is 654 g/mol. The van der Waals surface area contributed by atoms with E-state index in [0.29, 0.717) is 10.1 Å². The lowest BCUT2D eigenvalue weighted by Crippen LogP contribution is -2.37. The fourth-order valence-corrected chi connectivity index (χ4v) is 8.02. The maximum Gasteiger partial charge on any atom is 0.490 e. The first-order chi connectivity index (χ1) is 18.4. The summed E-state index contributed by atoms with van der Waals surface area (Å²) in [7, 11) is -23.1. The van der Waals surface area contributed by atoms with Crippen LogP contribution in [0.1, 0.15) is 11.8 Å². The maximum absolute atomic E-state index is 12.1. The molecule has 0 radical (unpaired) electrons. The molecule has 7 N–H and O–H groups in total. The molecule has 1 saturated heterocycles. The number of nitrogens with zero attached hydrogens (tertiary/aromatic N) is 1. The second kappa shape index (κ2) is 12.7. The molecule has 40 heavy (non-hydrogen) atoms. The topological polar surface area (TPSA) is 300 Å². The molecule has 1 fully saturated rings. The summed E-state index contributed by atoms with van der Waals surface area (Å²) < 4.78 is 74.1. The molecule has 0 spiro atoms. The van der Waals surface area contributed by atoms with Crippen LogP contribution in [0.5, 0.6) is 0 Å². The van der Waals surface area contributed by atoms with Gasteiger partial charge < -0.3 is 34.5 Å². The van der Waals surface area contributed by atoms with Crippen LogP contribution in [-0.2, 0) is 51.6 Å². The summed E-state index contributed by atoms with van der Waals surface area (Å²) in [5.41, 5.74) is -1.47. The van der Waals surface area contributed by atoms with Gasteiger partial charge in [-0.2, -0.15) is 12.9 Å². The first kappa shape index (κ1) is 32.8. The highest BCUT2D eigenvalue weighted by atomic mass is 31.3. The number of rotatable bonds is 13. The SMILES string of the molecule is O=c1ccn([C@@H]2O[C@H](COP(=O)(O)OP(=O)(O)OP(=O)(O)OP(=O)(O)OCc3ccccc3)[C@H](O)C2O)c(=O)[nH]1. The standard InChI is InChI=1S/C16H22N2O18P4/c19-12-6-7-18(16(22)17-12)15-14(21)13(20)11(33-15)9-32-38(25,26)35-40(29,30)36-39(27,28)34-37(23,24)31-8-10-4-2-1-3-5-10/h1-7,11,13-15,20-21H,8-9H2,(H,23,24)(H,25,26)(H,27,28)(H,29,30)(H,17,19,22)/t11-,13+,14?,15-/m1/s1. The second-order valence-electron chi connectivity index (χ2n) is 7.74. The molecule has 0 saturated carbocycles. The zero-order chi connectivity index (χ0) is 29.9. The smallest absolute Gasteiger partial charge is 0.387 e. The predicted octanol–water partition coefficient (Wildman–Crippen LogP) is -0.159. The van der Waals surface area contributed by atoms with Crippen molar-refractivity contribution < 1.29 is 74.8 Å². The number of hydrogen-bond acceptors (Lipinski definition) is 14. The Morgan fingerprint density at radius 3 is 1.93 bits per heavy atom. The lowest BCUT2D eigenvalue weighted by molar-refractivity contribution is -0.0542. The van der Waals surface area contributed by atoms with E-state index in [1.165, 1.54) is 12.1 Å². The van der Waals surface area contributed by atoms with Gasteiger partial charge in [-0.25, -0.2) is 23.1 Å². The number of aliphatic hydroxyl groups excluding tert-OH is 2. The van der Waals surface area contributed by atoms with Crippen LogP contribution in [0.3, 0.4) is 0 Å². The Morgan fingerprint density at radius 1 is 0.800 bits per heavy atom. The van der Waals surface area contributed by atoms with Gasteiger partial charge in [-0.1, -0.05) is 30.3 Å². The maximum atomic E-state index is 12.1. The summed E-state index contributed by atoms with van der Waals surface area (Å²) in [6.45, 7) is -1.73. The highest BCUT2D eigenvalue weighted by Crippen LogP contribution is 2.71. The van der Waals surface area contributed by atoms with Crippen LogP contribution in [0.4, 0.5) is 0 Å². The van der Waals surface area contributed by atoms with Crippen LogP contribution in [0.2, 0.25) is 0 Å². The number of nitrogens with one attached hydrogen (secondary N) is 1. The molecular formula is C16H22N2O18P4. The fraction of sp³-hybridized carbons (Fsp3) is 0.375. The van der Waals surface area contributed by atoms with E-state index in [1.807, 2.05) is 4.98 Å². The van der Waals surface area contributed by atoms with Crippen LogP contribution in [-0.4, -0.2) is 64.3 Å². The molecule has 5 unspecified atom stereocenters. The first-order valence-corrected chi connectivity index (χ1v) is 16.5. The molecule has 2 aromatic rings. The van der Waals surface area contributed by atoms with E-state index in [-0.39, 0.29) is 0 Å². The molecule has 20 nitrogen and oxygen atoms in total. The lowest BCUT2D eigenvalue weighted by atomic mass is 10.1. The Balaban J connectivity index is 1.57. The van der Waals surface area contributed by atoms with Crippen molar-refractivity contribution in [2.24, 2.45) is 0 Å². The Morgan fingerprint density at radius 2 is 1.35 bits per heavy atom. The molecule has 224 valence electrons. The van der Waals surface area contributed by atoms with Gasteiger partial charge in [0, 0.05) is 12.3 Å². The average molecular weight is 654 g/mol. The molecule has 24 heteroatoms. The zero-order valence-corrected chi connectivity index (χ0v) is 23.2. The third kappa shape index (κ3) is 9.44. The van der Waals surface area contributed by atoms with Crippen molar-refractivity contribution in [2.45, 2.75) is 31.1 Å². The van der Waals surface area contributed by atoms with Gasteiger partial charge in [-0.3, -0.25) is 23.4 Å². The molecule has 0 amide bonds. The molecular weight excluding hydrogens is 632 g/mol. The number of H-pyrrole nitrogens is 1. The van der Waals surface area contributed by atoms with Crippen molar-refractivity contribution in [3.8, 4) is 0 Å². The van der Waals surface area contributed by atoms with E-state index < -0.39 is 80.3 Å². The molecule has 1 aromatic heterocycles. The van der Waals surface area contributed by atoms with Gasteiger partial charge in [0.1, 0.15) is 18.3 Å². The molecule has 0 bridgehead atoms. The second-order valence-corrected chi connectivity index (χ2v) is 14.0. The van der Waals surface area contributed by atoms with E-state index in [0.717, 1.165) is 12.3 Å². The van der Waals surface area contributed by atoms with Gasteiger partial charge in [0.2, 0.25) is 0 Å². The van der Waals surface area contributed by atoms with Gasteiger partial charge >= 0.3 is 37.0 Å². The van der Waals surface area contributed by atoms with E-state index in [4.69, 9.17) is 4.74 Å². The van der Waals surface area contributed by atoms with Crippen molar-refractivity contribution in [1.82, 2.24) is 9.55 Å². The molecule has 0 aliphatic carbocycles. The van der Waals surface area contributed by atoms with Gasteiger partial charge in [0.25, 0.3) is 5.56 Å². The summed E-state index contributed by atoms with van der Waals surface area (Å²) in [4.78, 5) is 63.4. The fourth-order valence-electron chi connectivity index (χ4n) is 3.09. The van der Waals surface area contributed by atoms with E-state index in [1.54, 1.807) is 18.2 Å². The molecule has 1 aliphatic heterocycles. The van der Waals surface area contributed by atoms with Gasteiger partial charge in [-0.05, 0) is 5.56 Å². The Bertz CT molecular complexity index is 1490. The molecule has 1 aromatic carbocycles. The van der Waals surface area contributed by atoms with E-state index in [2.05, 4.69) is 22.0 Å². The Kier molecular flexibility index (Phi) is 10.4. The van der Waals surface area contributed by atoms with Crippen LogP contribution < -0.4 is 11.2 Å². The number of aromatic nitrogens is 2. The summed E-state index contributed by atoms with van der Waals surface area (Å²) >= 11 is 0. The molecule has 3 rings (SSSR count). The summed E-state index contributed by atoms with van der Waals surface area (Å²) in [5.74, 6) is 0. The highest BCUT2D eigenvalue weighted by molar-refractivity contribution is 7.69. The van der Waals surface area contributed by atoms with E-state index >= 15 is 0 Å². The number of hydrogen-bond donors (Lipinski definition) is 7. The number of phosphoric acid groups is 4. The van der Waals surface area contributed by atoms with Crippen molar-refractivity contribution in [3.05, 3.63) is 69.0 Å². The number of aromatic amines is 1. The largest absolute Gasteiger partial charge is 0.490 e. The zero-order valence-electron chi connectivity index (χ0n) is 19.6. The van der Waals surface area contributed by atoms with Crippen molar-refractivity contribution in [2.75, 3.05) is 6.61 Å². The van der Waals surface area contributed by atoms with Crippen molar-refractivity contribution in [3.63, 3.8) is 0 Å². The van der Waals surface area contributed by atoms with E-state index in [9.17, 15) is 57.6 Å². The lowest BCUT2D eigenvalue weighted by Gasteiger charge is -2.20. The number of aliphatic hydroxyl groups is 2. The number of benzene rings is 1. The predicted molar refractivity (Wildman–Crippen MR) is 127 cm³/mol. The summed E-state index contributed by atoms with van der Waals surface area (Å²) in [6, 6.07) is 8.54. The third-order valence-electron chi connectivity index (χ3n) is 4.72. The van der Waals surface area contributed by atoms with Crippen molar-refractivity contribution in [1.29, 1.82) is 0 Å². The Hall–Kier alpha value is -1.66. The molecule has 1 aliphatic rings. The molecule has 8 atom stereocenters. The number of ether oxygens (including phenoxy) is 1. The third-order valence-corrected chi connectivity index (χ3v) is 10.6. The summed E-state index contributed by atoms with van der Waals surface area (Å²) in [6.07, 6.45) is -6.01. The normalized spacial score (nSPS) is 27.2. The van der Waals surface area contributed by atoms with Crippen LogP contribution in [0.15, 0.2) is 52.2 Å². The Labute approximate surface area is 222 Å². The number of phosphoric ester groups is 2. The van der Waals surface area contributed by atoms with Crippen molar-refractivity contribution >= 4 is 31.3 Å². The summed E-state index contributed by atoms with van der Waals surface area (Å²) in [5, 5.41) is 20.2. The first-order valence-electron chi connectivity index (χ1n) is 10.5. The molecule has 2 heterocycles. The minimum absolute atomic E-state index is 0.338. The van der Waals surface area contributed by atoms with Crippen LogP contribution in [0.25, 0.3) is 0 Å².